The van der Waals surface area contributed by atoms with E-state index in [0.717, 1.165) is 61.9 Å². The van der Waals surface area contributed by atoms with Gasteiger partial charge in [-0.3, -0.25) is 9.59 Å². The third kappa shape index (κ3) is 6.60. The van der Waals surface area contributed by atoms with Crippen LogP contribution in [0, 0.1) is 17.7 Å². The Morgan fingerprint density at radius 3 is 2.66 bits per heavy atom. The first kappa shape index (κ1) is 25.2. The van der Waals surface area contributed by atoms with E-state index in [-0.39, 0.29) is 23.7 Å². The fraction of sp³-hybridized carbons (Fsp3) is 0.464. The van der Waals surface area contributed by atoms with Crippen LogP contribution in [0.4, 0.5) is 10.1 Å². The number of hydrogen-bond donors (Lipinski definition) is 2. The Bertz CT molecular complexity index is 1010. The minimum atomic E-state index is -0.618. The quantitative estimate of drug-likeness (QED) is 0.511. The van der Waals surface area contributed by atoms with Crippen LogP contribution in [0.15, 0.2) is 48.5 Å². The normalized spacial score (nSPS) is 17.6. The van der Waals surface area contributed by atoms with E-state index in [1.165, 1.54) is 6.07 Å². The van der Waals surface area contributed by atoms with Crippen molar-refractivity contribution in [3.05, 3.63) is 71.9 Å². The molecule has 4 rings (SSSR count). The van der Waals surface area contributed by atoms with E-state index in [9.17, 15) is 14.0 Å². The fourth-order valence-electron chi connectivity index (χ4n) is 5.26. The Hall–Kier alpha value is -2.93. The van der Waals surface area contributed by atoms with Crippen molar-refractivity contribution in [3.8, 4) is 0 Å². The number of fused-ring (bicyclic) bond motifs is 1. The monoisotopic (exact) mass is 480 g/mol. The number of hydrogen-bond acceptors (Lipinski definition) is 4. The van der Waals surface area contributed by atoms with Crippen molar-refractivity contribution in [3.63, 3.8) is 0 Å². The summed E-state index contributed by atoms with van der Waals surface area (Å²) in [5.74, 6) is -0.768. The van der Waals surface area contributed by atoms with E-state index in [0.29, 0.717) is 26.2 Å². The van der Waals surface area contributed by atoms with Gasteiger partial charge in [0.25, 0.3) is 0 Å². The molecule has 187 valence electrons. The van der Waals surface area contributed by atoms with Gasteiger partial charge in [0.2, 0.25) is 11.8 Å². The number of carbonyl (C=O) groups is 2. The number of halogens is 1. The molecule has 35 heavy (non-hydrogen) atoms. The van der Waals surface area contributed by atoms with E-state index >= 15 is 0 Å². The van der Waals surface area contributed by atoms with Gasteiger partial charge in [-0.25, -0.2) is 4.39 Å². The van der Waals surface area contributed by atoms with Crippen LogP contribution >= 0.6 is 0 Å². The summed E-state index contributed by atoms with van der Waals surface area (Å²) >= 11 is 0. The van der Waals surface area contributed by atoms with Crippen molar-refractivity contribution < 1.29 is 18.7 Å². The summed E-state index contributed by atoms with van der Waals surface area (Å²) < 4.78 is 19.6. The number of benzene rings is 2. The van der Waals surface area contributed by atoms with Gasteiger partial charge in [-0.15, -0.1) is 0 Å². The van der Waals surface area contributed by atoms with Gasteiger partial charge in [-0.2, -0.15) is 0 Å². The molecule has 1 saturated carbocycles. The molecule has 0 spiro atoms. The summed E-state index contributed by atoms with van der Waals surface area (Å²) in [5.41, 5.74) is 8.15. The topological polar surface area (TPSA) is 84.7 Å². The van der Waals surface area contributed by atoms with E-state index in [2.05, 4.69) is 10.2 Å². The van der Waals surface area contributed by atoms with Crippen LogP contribution in [-0.4, -0.2) is 37.6 Å². The highest BCUT2D eigenvalue weighted by Gasteiger charge is 2.38. The summed E-state index contributed by atoms with van der Waals surface area (Å²) in [6.45, 7) is 2.10. The lowest BCUT2D eigenvalue weighted by molar-refractivity contribution is -0.129. The lowest BCUT2D eigenvalue weighted by atomic mass is 9.70. The fourth-order valence-corrected chi connectivity index (χ4v) is 5.26. The van der Waals surface area contributed by atoms with Crippen LogP contribution in [0.5, 0.6) is 0 Å². The van der Waals surface area contributed by atoms with Gasteiger partial charge in [0.15, 0.2) is 0 Å². The molecule has 1 aliphatic heterocycles. The second-order valence-electron chi connectivity index (χ2n) is 9.79. The smallest absolute Gasteiger partial charge is 0.224 e. The van der Waals surface area contributed by atoms with Crippen LogP contribution < -0.4 is 16.0 Å². The van der Waals surface area contributed by atoms with Gasteiger partial charge in [0.05, 0.1) is 25.7 Å². The standard InChI is InChI=1S/C28H35FN3O3/c29-23-9-10-25-22(17-23)12-16-32(25)18-24(20-35-19-21-7-3-1-4-8-21)31-26(33)11-15-28(27(30)34)13-5-2-6-14-28/h1,3-4,7-11,17,24H,2,5-6,12-16,18-20H2,(H2,30,34)(H,31,33). The molecule has 3 N–H and O–H groups in total. The van der Waals surface area contributed by atoms with Crippen molar-refractivity contribution in [2.24, 2.45) is 11.1 Å². The van der Waals surface area contributed by atoms with Crippen molar-refractivity contribution >= 4 is 17.5 Å². The molecule has 0 saturated heterocycles. The molecular weight excluding hydrogens is 445 g/mol. The van der Waals surface area contributed by atoms with Gasteiger partial charge in [-0.05, 0) is 55.0 Å². The second-order valence-corrected chi connectivity index (χ2v) is 9.79. The average Bonchev–Trinajstić information content (AvgIpc) is 3.25. The number of rotatable bonds is 11. The SMILES string of the molecule is NC(=O)C1(C[CH]C(=O)NC(COCc2ccccc2)CN2CCc3cc(F)ccc32)CCCCC1. The molecule has 1 radical (unpaired) electrons. The number of amides is 2. The highest BCUT2D eigenvalue weighted by atomic mass is 19.1. The molecule has 2 aromatic rings. The highest BCUT2D eigenvalue weighted by molar-refractivity contribution is 5.87. The number of primary amides is 1. The molecule has 2 amide bonds. The zero-order chi connectivity index (χ0) is 24.7. The number of anilines is 1. The molecular formula is C28H35FN3O3. The largest absolute Gasteiger partial charge is 0.375 e. The summed E-state index contributed by atoms with van der Waals surface area (Å²) in [5, 5.41) is 3.08. The predicted octanol–water partition coefficient (Wildman–Crippen LogP) is 3.92. The van der Waals surface area contributed by atoms with Gasteiger partial charge in [-0.1, -0.05) is 49.6 Å². The van der Waals surface area contributed by atoms with E-state index in [1.54, 1.807) is 18.6 Å². The summed E-state index contributed by atoms with van der Waals surface area (Å²) in [4.78, 5) is 27.3. The Kier molecular flexibility index (Phi) is 8.39. The van der Waals surface area contributed by atoms with Gasteiger partial charge in [0, 0.05) is 24.2 Å². The zero-order valence-corrected chi connectivity index (χ0v) is 20.2. The van der Waals surface area contributed by atoms with Crippen LogP contribution in [0.25, 0.3) is 0 Å². The molecule has 7 heteroatoms. The molecule has 1 unspecified atom stereocenters. The first-order valence-corrected chi connectivity index (χ1v) is 12.5. The predicted molar refractivity (Wildman–Crippen MR) is 134 cm³/mol. The molecule has 1 fully saturated rings. The van der Waals surface area contributed by atoms with Crippen molar-refractivity contribution in [1.82, 2.24) is 5.32 Å². The second kappa shape index (κ2) is 11.7. The lowest BCUT2D eigenvalue weighted by Crippen LogP contribution is -2.47. The maximum absolute atomic E-state index is 13.6. The summed E-state index contributed by atoms with van der Waals surface area (Å²) in [7, 11) is 0. The van der Waals surface area contributed by atoms with Crippen molar-refractivity contribution in [2.75, 3.05) is 24.6 Å². The summed E-state index contributed by atoms with van der Waals surface area (Å²) in [6.07, 6.45) is 7.20. The molecule has 0 aromatic heterocycles. The van der Waals surface area contributed by atoms with Crippen LogP contribution in [-0.2, 0) is 27.4 Å². The molecule has 2 aliphatic rings. The van der Waals surface area contributed by atoms with Crippen LogP contribution in [0.1, 0.15) is 49.7 Å². The van der Waals surface area contributed by atoms with Crippen molar-refractivity contribution in [1.29, 1.82) is 0 Å². The lowest BCUT2D eigenvalue weighted by Gasteiger charge is -2.34. The summed E-state index contributed by atoms with van der Waals surface area (Å²) in [6, 6.07) is 14.5. The van der Waals surface area contributed by atoms with Crippen molar-refractivity contribution in [2.45, 2.75) is 57.6 Å². The molecule has 2 aromatic carbocycles. The third-order valence-corrected chi connectivity index (χ3v) is 7.26. The first-order valence-electron chi connectivity index (χ1n) is 12.5. The Labute approximate surface area is 207 Å². The van der Waals surface area contributed by atoms with Gasteiger partial charge >= 0.3 is 0 Å². The number of nitrogens with two attached hydrogens (primary N) is 1. The molecule has 1 aliphatic carbocycles. The van der Waals surface area contributed by atoms with Crippen LogP contribution in [0.3, 0.4) is 0 Å². The molecule has 1 atom stereocenters. The number of nitrogens with one attached hydrogen (secondary N) is 1. The Balaban J connectivity index is 1.38. The number of nitrogens with zero attached hydrogens (tertiary/aromatic N) is 1. The number of ether oxygens (including phenoxy) is 1. The average molecular weight is 481 g/mol. The Morgan fingerprint density at radius 1 is 1.14 bits per heavy atom. The third-order valence-electron chi connectivity index (χ3n) is 7.26. The van der Waals surface area contributed by atoms with Gasteiger partial charge in [0.1, 0.15) is 5.82 Å². The molecule has 1 heterocycles. The first-order chi connectivity index (χ1) is 16.9. The maximum atomic E-state index is 13.6. The highest BCUT2D eigenvalue weighted by Crippen LogP contribution is 2.39. The molecule has 6 nitrogen and oxygen atoms in total. The van der Waals surface area contributed by atoms with E-state index in [1.807, 2.05) is 30.3 Å². The Morgan fingerprint density at radius 2 is 1.91 bits per heavy atom. The molecule has 0 bridgehead atoms. The maximum Gasteiger partial charge on any atom is 0.224 e. The zero-order valence-electron chi connectivity index (χ0n) is 20.2. The minimum Gasteiger partial charge on any atom is -0.375 e. The van der Waals surface area contributed by atoms with E-state index < -0.39 is 5.41 Å². The van der Waals surface area contributed by atoms with E-state index in [4.69, 9.17) is 10.5 Å². The van der Waals surface area contributed by atoms with Gasteiger partial charge < -0.3 is 20.7 Å². The van der Waals surface area contributed by atoms with Crippen LogP contribution in [0.2, 0.25) is 0 Å². The minimum absolute atomic E-state index is 0.219. The number of carbonyl (C=O) groups excluding carboxylic acids is 2.